The molecule has 5 nitrogen and oxygen atoms in total. The fourth-order valence-electron chi connectivity index (χ4n) is 2.68. The van der Waals surface area contributed by atoms with Crippen LogP contribution >= 0.6 is 11.6 Å². The number of carbonyl (C=O) groups is 1. The zero-order valence-electron chi connectivity index (χ0n) is 15.2. The van der Waals surface area contributed by atoms with Crippen LogP contribution in [0.2, 0.25) is 5.02 Å². The molecular formula is C19H22ClNO4S. The van der Waals surface area contributed by atoms with Crippen LogP contribution in [0.4, 0.5) is 5.69 Å². The number of halogens is 1. The Bertz CT molecular complexity index is 925. The van der Waals surface area contributed by atoms with E-state index in [-0.39, 0.29) is 17.3 Å². The fraction of sp³-hybridized carbons (Fsp3) is 0.316. The molecule has 0 fully saturated rings. The molecule has 0 aliphatic heterocycles. The lowest BCUT2D eigenvalue weighted by Crippen LogP contribution is -2.28. The molecule has 0 heterocycles. The zero-order valence-corrected chi connectivity index (χ0v) is 16.8. The van der Waals surface area contributed by atoms with Crippen molar-refractivity contribution in [2.45, 2.75) is 31.6 Å². The van der Waals surface area contributed by atoms with Crippen LogP contribution in [0.5, 0.6) is 0 Å². The predicted molar refractivity (Wildman–Crippen MR) is 103 cm³/mol. The Balaban J connectivity index is 2.44. The van der Waals surface area contributed by atoms with E-state index in [1.54, 1.807) is 38.1 Å². The zero-order chi connectivity index (χ0) is 19.5. The first-order valence-electron chi connectivity index (χ1n) is 8.09. The number of nitrogens with zero attached hydrogens (tertiary/aromatic N) is 1. The molecule has 140 valence electrons. The van der Waals surface area contributed by atoms with Gasteiger partial charge in [0.05, 0.1) is 17.7 Å². The highest BCUT2D eigenvalue weighted by molar-refractivity contribution is 7.92. The first-order valence-corrected chi connectivity index (χ1v) is 9.90. The van der Waals surface area contributed by atoms with Gasteiger partial charge in [0.15, 0.2) is 0 Å². The van der Waals surface area contributed by atoms with Gasteiger partial charge in [-0.2, -0.15) is 0 Å². The van der Waals surface area contributed by atoms with Crippen molar-refractivity contribution in [3.05, 3.63) is 58.1 Å². The van der Waals surface area contributed by atoms with Crippen LogP contribution in [0.1, 0.15) is 23.1 Å². The summed E-state index contributed by atoms with van der Waals surface area (Å²) < 4.78 is 32.2. The second-order valence-electron chi connectivity index (χ2n) is 6.04. The normalized spacial score (nSPS) is 11.3. The monoisotopic (exact) mass is 395 g/mol. The van der Waals surface area contributed by atoms with Crippen LogP contribution in [0.15, 0.2) is 41.3 Å². The van der Waals surface area contributed by atoms with Gasteiger partial charge in [0, 0.05) is 18.5 Å². The molecule has 0 amide bonds. The number of ether oxygens (including phenoxy) is 1. The Morgan fingerprint density at radius 1 is 1.15 bits per heavy atom. The second kappa shape index (κ2) is 8.10. The summed E-state index contributed by atoms with van der Waals surface area (Å²) in [6.07, 6.45) is 0.571. The van der Waals surface area contributed by atoms with E-state index in [9.17, 15) is 13.2 Å². The third-order valence-corrected chi connectivity index (χ3v) is 6.57. The number of sulfonamides is 1. The molecule has 0 unspecified atom stereocenters. The number of methoxy groups -OCH3 is 1. The Morgan fingerprint density at radius 2 is 1.81 bits per heavy atom. The maximum absolute atomic E-state index is 13.2. The molecule has 0 atom stereocenters. The highest BCUT2D eigenvalue weighted by Gasteiger charge is 2.25. The molecule has 0 aliphatic carbocycles. The average Bonchev–Trinajstić information content (AvgIpc) is 2.62. The molecule has 0 spiro atoms. The van der Waals surface area contributed by atoms with Crippen LogP contribution in [-0.2, 0) is 26.0 Å². The lowest BCUT2D eigenvalue weighted by molar-refractivity contribution is -0.140. The summed E-state index contributed by atoms with van der Waals surface area (Å²) in [5.41, 5.74) is 2.57. The van der Waals surface area contributed by atoms with Crippen LogP contribution < -0.4 is 4.31 Å². The number of aryl methyl sites for hydroxylation is 3. The summed E-state index contributed by atoms with van der Waals surface area (Å²) in [5, 5.41) is 0.530. The van der Waals surface area contributed by atoms with Crippen molar-refractivity contribution < 1.29 is 17.9 Å². The highest BCUT2D eigenvalue weighted by atomic mass is 35.5. The van der Waals surface area contributed by atoms with Crippen molar-refractivity contribution in [2.24, 2.45) is 0 Å². The molecule has 2 aromatic rings. The molecule has 0 saturated heterocycles. The van der Waals surface area contributed by atoms with Crippen molar-refractivity contribution in [3.63, 3.8) is 0 Å². The molecule has 0 radical (unpaired) electrons. The van der Waals surface area contributed by atoms with E-state index < -0.39 is 10.0 Å². The van der Waals surface area contributed by atoms with Gasteiger partial charge in [0.1, 0.15) is 0 Å². The van der Waals surface area contributed by atoms with Crippen LogP contribution in [0.3, 0.4) is 0 Å². The van der Waals surface area contributed by atoms with Gasteiger partial charge in [-0.3, -0.25) is 9.10 Å². The van der Waals surface area contributed by atoms with Gasteiger partial charge in [-0.1, -0.05) is 29.8 Å². The molecule has 0 aliphatic rings. The molecule has 0 bridgehead atoms. The summed E-state index contributed by atoms with van der Waals surface area (Å²) in [4.78, 5) is 11.6. The largest absolute Gasteiger partial charge is 0.469 e. The van der Waals surface area contributed by atoms with Crippen molar-refractivity contribution in [2.75, 3.05) is 18.5 Å². The summed E-state index contributed by atoms with van der Waals surface area (Å²) in [7, 11) is -0.931. The van der Waals surface area contributed by atoms with E-state index in [0.29, 0.717) is 28.3 Å². The van der Waals surface area contributed by atoms with Crippen molar-refractivity contribution in [1.82, 2.24) is 0 Å². The molecular weight excluding hydrogens is 374 g/mol. The number of anilines is 1. The predicted octanol–water partition coefficient (Wildman–Crippen LogP) is 3.89. The average molecular weight is 396 g/mol. The molecule has 0 aromatic heterocycles. The summed E-state index contributed by atoms with van der Waals surface area (Å²) >= 11 is 6.09. The Hall–Kier alpha value is -2.05. The maximum atomic E-state index is 13.2. The van der Waals surface area contributed by atoms with Gasteiger partial charge in [-0.05, 0) is 55.2 Å². The standard InChI is InChI=1S/C19H22ClNO4S/c1-13-12-18(14(2)11-16(13)20)26(23,24)21(3)17-8-6-5-7-15(17)9-10-19(22)25-4/h5-8,11-12H,9-10H2,1-4H3. The lowest BCUT2D eigenvalue weighted by Gasteiger charge is -2.23. The number of benzene rings is 2. The van der Waals surface area contributed by atoms with E-state index in [1.807, 2.05) is 12.1 Å². The van der Waals surface area contributed by atoms with E-state index >= 15 is 0 Å². The van der Waals surface area contributed by atoms with Crippen molar-refractivity contribution in [3.8, 4) is 0 Å². The summed E-state index contributed by atoms with van der Waals surface area (Å²) in [6, 6.07) is 10.4. The van der Waals surface area contributed by atoms with Gasteiger partial charge in [0.2, 0.25) is 0 Å². The summed E-state index contributed by atoms with van der Waals surface area (Å²) in [6.45, 7) is 3.49. The minimum absolute atomic E-state index is 0.181. The molecule has 0 N–H and O–H groups in total. The van der Waals surface area contributed by atoms with Gasteiger partial charge in [0.25, 0.3) is 10.0 Å². The Kier molecular flexibility index (Phi) is 6.31. The van der Waals surface area contributed by atoms with Crippen LogP contribution in [0, 0.1) is 13.8 Å². The maximum Gasteiger partial charge on any atom is 0.305 e. The molecule has 26 heavy (non-hydrogen) atoms. The van der Waals surface area contributed by atoms with E-state index in [1.165, 1.54) is 18.5 Å². The van der Waals surface area contributed by atoms with Crippen molar-refractivity contribution >= 4 is 33.3 Å². The molecule has 2 aromatic carbocycles. The lowest BCUT2D eigenvalue weighted by atomic mass is 10.1. The number of para-hydroxylation sites is 1. The number of hydrogen-bond acceptors (Lipinski definition) is 4. The third kappa shape index (κ3) is 4.19. The van der Waals surface area contributed by atoms with Crippen LogP contribution in [-0.4, -0.2) is 28.5 Å². The van der Waals surface area contributed by atoms with Gasteiger partial charge in [-0.25, -0.2) is 8.42 Å². The third-order valence-electron chi connectivity index (χ3n) is 4.25. The second-order valence-corrected chi connectivity index (χ2v) is 8.39. The fourth-order valence-corrected chi connectivity index (χ4v) is 4.42. The minimum Gasteiger partial charge on any atom is -0.469 e. The van der Waals surface area contributed by atoms with Gasteiger partial charge in [-0.15, -0.1) is 0 Å². The Labute approximate surface area is 159 Å². The quantitative estimate of drug-likeness (QED) is 0.696. The highest BCUT2D eigenvalue weighted by Crippen LogP contribution is 2.30. The number of hydrogen-bond donors (Lipinski definition) is 0. The van der Waals surface area contributed by atoms with Crippen LogP contribution in [0.25, 0.3) is 0 Å². The number of rotatable bonds is 6. The van der Waals surface area contributed by atoms with E-state index in [0.717, 1.165) is 5.56 Å². The van der Waals surface area contributed by atoms with E-state index in [4.69, 9.17) is 11.6 Å². The smallest absolute Gasteiger partial charge is 0.305 e. The first kappa shape index (κ1) is 20.3. The number of esters is 1. The van der Waals surface area contributed by atoms with E-state index in [2.05, 4.69) is 4.74 Å². The Morgan fingerprint density at radius 3 is 2.46 bits per heavy atom. The topological polar surface area (TPSA) is 63.7 Å². The summed E-state index contributed by atoms with van der Waals surface area (Å²) in [5.74, 6) is -0.338. The van der Waals surface area contributed by atoms with Crippen molar-refractivity contribution in [1.29, 1.82) is 0 Å². The minimum atomic E-state index is -3.77. The SMILES string of the molecule is COC(=O)CCc1ccccc1N(C)S(=O)(=O)c1cc(C)c(Cl)cc1C. The molecule has 0 saturated carbocycles. The molecule has 2 rings (SSSR count). The number of carbonyl (C=O) groups excluding carboxylic acids is 1. The van der Waals surface area contributed by atoms with Gasteiger partial charge < -0.3 is 4.74 Å². The molecule has 7 heteroatoms. The van der Waals surface area contributed by atoms with Gasteiger partial charge >= 0.3 is 5.97 Å². The first-order chi connectivity index (χ1) is 12.2.